The van der Waals surface area contributed by atoms with Crippen LogP contribution in [-0.4, -0.2) is 41.8 Å². The van der Waals surface area contributed by atoms with E-state index in [2.05, 4.69) is 0 Å². The number of rotatable bonds is 12. The van der Waals surface area contributed by atoms with Crippen molar-refractivity contribution in [2.24, 2.45) is 0 Å². The van der Waals surface area contributed by atoms with E-state index in [4.69, 9.17) is 4.74 Å². The van der Waals surface area contributed by atoms with E-state index in [-0.39, 0.29) is 23.7 Å². The fraction of sp³-hybridized carbons (Fsp3) is 0.522. The number of ketones is 1. The van der Waals surface area contributed by atoms with Crippen LogP contribution in [0, 0.1) is 0 Å². The summed E-state index contributed by atoms with van der Waals surface area (Å²) in [4.78, 5) is 37.5. The van der Waals surface area contributed by atoms with Crippen LogP contribution in [0.2, 0.25) is 0 Å². The SMILES string of the molecule is CCOC(=O)CCCCCCN1C(=O)CCC1C=CC(=O)Cc1ccccc1. The molecule has 1 atom stereocenters. The van der Waals surface area contributed by atoms with Gasteiger partial charge >= 0.3 is 5.97 Å². The molecule has 1 aromatic rings. The highest BCUT2D eigenvalue weighted by molar-refractivity contribution is 5.91. The van der Waals surface area contributed by atoms with Gasteiger partial charge in [-0.15, -0.1) is 0 Å². The number of amides is 1. The van der Waals surface area contributed by atoms with E-state index in [9.17, 15) is 14.4 Å². The Bertz CT molecular complexity index is 668. The minimum absolute atomic E-state index is 0.0201. The van der Waals surface area contributed by atoms with Gasteiger partial charge in [0.05, 0.1) is 12.6 Å². The van der Waals surface area contributed by atoms with Gasteiger partial charge in [0.25, 0.3) is 0 Å². The fourth-order valence-electron chi connectivity index (χ4n) is 3.46. The molecule has 0 aliphatic carbocycles. The highest BCUT2D eigenvalue weighted by Gasteiger charge is 2.28. The maximum atomic E-state index is 12.2. The van der Waals surface area contributed by atoms with Crippen molar-refractivity contribution in [1.82, 2.24) is 4.90 Å². The molecular weight excluding hydrogens is 354 g/mol. The van der Waals surface area contributed by atoms with Crippen LogP contribution in [0.1, 0.15) is 57.4 Å². The van der Waals surface area contributed by atoms with E-state index in [1.807, 2.05) is 48.2 Å². The zero-order valence-electron chi connectivity index (χ0n) is 16.8. The van der Waals surface area contributed by atoms with Gasteiger partial charge in [0, 0.05) is 25.8 Å². The number of hydrogen-bond donors (Lipinski definition) is 0. The third kappa shape index (κ3) is 7.67. The molecule has 1 unspecified atom stereocenters. The molecule has 0 radical (unpaired) electrons. The molecule has 1 heterocycles. The first-order valence-corrected chi connectivity index (χ1v) is 10.3. The van der Waals surface area contributed by atoms with Gasteiger partial charge in [-0.3, -0.25) is 14.4 Å². The number of allylic oxidation sites excluding steroid dienone is 1. The van der Waals surface area contributed by atoms with Crippen LogP contribution < -0.4 is 0 Å². The topological polar surface area (TPSA) is 63.7 Å². The second-order valence-corrected chi connectivity index (χ2v) is 7.15. The molecule has 28 heavy (non-hydrogen) atoms. The molecule has 0 bridgehead atoms. The van der Waals surface area contributed by atoms with E-state index >= 15 is 0 Å². The average molecular weight is 386 g/mol. The minimum Gasteiger partial charge on any atom is -0.466 e. The number of carbonyl (C=O) groups excluding carboxylic acids is 3. The smallest absolute Gasteiger partial charge is 0.305 e. The number of benzene rings is 1. The van der Waals surface area contributed by atoms with Gasteiger partial charge in [0.2, 0.25) is 5.91 Å². The van der Waals surface area contributed by atoms with E-state index in [0.29, 0.717) is 32.4 Å². The third-order valence-electron chi connectivity index (χ3n) is 4.94. The summed E-state index contributed by atoms with van der Waals surface area (Å²) in [5.74, 6) is 0.0868. The Kier molecular flexibility index (Phi) is 9.46. The Balaban J connectivity index is 1.70. The monoisotopic (exact) mass is 385 g/mol. The molecule has 1 amide bonds. The van der Waals surface area contributed by atoms with E-state index < -0.39 is 0 Å². The second-order valence-electron chi connectivity index (χ2n) is 7.15. The molecule has 0 aromatic heterocycles. The predicted molar refractivity (Wildman–Crippen MR) is 109 cm³/mol. The first-order chi connectivity index (χ1) is 13.6. The van der Waals surface area contributed by atoms with Crippen molar-refractivity contribution in [2.45, 2.75) is 64.3 Å². The van der Waals surface area contributed by atoms with Crippen LogP contribution in [0.5, 0.6) is 0 Å². The standard InChI is InChI=1S/C23H31NO4/c1-2-28-23(27)12-8-3-4-9-17-24-20(14-16-22(24)26)13-15-21(25)18-19-10-6-5-7-11-19/h5-7,10-11,13,15,20H,2-4,8-9,12,14,16-18H2,1H3. The number of hydrogen-bond acceptors (Lipinski definition) is 4. The molecule has 5 heteroatoms. The largest absolute Gasteiger partial charge is 0.466 e. The number of nitrogens with zero attached hydrogens (tertiary/aromatic N) is 1. The molecule has 1 saturated heterocycles. The van der Waals surface area contributed by atoms with Crippen molar-refractivity contribution in [2.75, 3.05) is 13.2 Å². The summed E-state index contributed by atoms with van der Waals surface area (Å²) in [5.41, 5.74) is 0.999. The third-order valence-corrected chi connectivity index (χ3v) is 4.94. The van der Waals surface area contributed by atoms with Gasteiger partial charge in [-0.2, -0.15) is 0 Å². The average Bonchev–Trinajstić information content (AvgIpc) is 3.03. The number of likely N-dealkylation sites (tertiary alicyclic amines) is 1. The van der Waals surface area contributed by atoms with Crippen LogP contribution in [0.3, 0.4) is 0 Å². The summed E-state index contributed by atoms with van der Waals surface area (Å²) in [6, 6.07) is 9.69. The number of carbonyl (C=O) groups is 3. The molecular formula is C23H31NO4. The number of esters is 1. The van der Waals surface area contributed by atoms with Crippen molar-refractivity contribution in [1.29, 1.82) is 0 Å². The van der Waals surface area contributed by atoms with Crippen LogP contribution in [-0.2, 0) is 25.5 Å². The van der Waals surface area contributed by atoms with Crippen LogP contribution in [0.15, 0.2) is 42.5 Å². The van der Waals surface area contributed by atoms with Crippen molar-refractivity contribution in [3.05, 3.63) is 48.0 Å². The summed E-state index contributed by atoms with van der Waals surface area (Å²) in [7, 11) is 0. The predicted octanol–water partition coefficient (Wildman–Crippen LogP) is 3.86. The maximum absolute atomic E-state index is 12.2. The lowest BCUT2D eigenvalue weighted by Crippen LogP contribution is -2.32. The van der Waals surface area contributed by atoms with Gasteiger partial charge in [0.1, 0.15) is 0 Å². The van der Waals surface area contributed by atoms with Crippen molar-refractivity contribution >= 4 is 17.7 Å². The van der Waals surface area contributed by atoms with Gasteiger partial charge in [-0.05, 0) is 37.8 Å². The second kappa shape index (κ2) is 12.1. The van der Waals surface area contributed by atoms with Crippen molar-refractivity contribution in [3.8, 4) is 0 Å². The van der Waals surface area contributed by atoms with Crippen LogP contribution >= 0.6 is 0 Å². The summed E-state index contributed by atoms with van der Waals surface area (Å²) < 4.78 is 4.91. The van der Waals surface area contributed by atoms with Gasteiger partial charge < -0.3 is 9.64 Å². The van der Waals surface area contributed by atoms with Gasteiger partial charge in [-0.1, -0.05) is 49.2 Å². The van der Waals surface area contributed by atoms with Gasteiger partial charge in [0.15, 0.2) is 5.78 Å². The molecule has 152 valence electrons. The minimum atomic E-state index is -0.136. The molecule has 1 aliphatic rings. The van der Waals surface area contributed by atoms with E-state index in [1.54, 1.807) is 6.08 Å². The molecule has 2 rings (SSSR count). The first kappa shape index (κ1) is 21.9. The molecule has 1 aromatic carbocycles. The molecule has 0 N–H and O–H groups in total. The lowest BCUT2D eigenvalue weighted by atomic mass is 10.1. The summed E-state index contributed by atoms with van der Waals surface area (Å²) in [6.07, 6.45) is 9.36. The number of ether oxygens (including phenoxy) is 1. The normalized spacial score (nSPS) is 16.7. The van der Waals surface area contributed by atoms with E-state index in [1.165, 1.54) is 0 Å². The molecule has 1 aliphatic heterocycles. The Morgan fingerprint density at radius 3 is 2.64 bits per heavy atom. The summed E-state index contributed by atoms with van der Waals surface area (Å²) >= 11 is 0. The lowest BCUT2D eigenvalue weighted by molar-refractivity contribution is -0.143. The molecule has 1 fully saturated rings. The quantitative estimate of drug-likeness (QED) is 0.311. The summed E-state index contributed by atoms with van der Waals surface area (Å²) in [6.45, 7) is 2.95. The fourth-order valence-corrected chi connectivity index (χ4v) is 3.46. The zero-order chi connectivity index (χ0) is 20.2. The summed E-state index contributed by atoms with van der Waals surface area (Å²) in [5, 5.41) is 0. The molecule has 5 nitrogen and oxygen atoms in total. The van der Waals surface area contributed by atoms with Crippen molar-refractivity contribution < 1.29 is 19.1 Å². The van der Waals surface area contributed by atoms with Gasteiger partial charge in [-0.25, -0.2) is 0 Å². The highest BCUT2D eigenvalue weighted by atomic mass is 16.5. The van der Waals surface area contributed by atoms with Crippen molar-refractivity contribution in [3.63, 3.8) is 0 Å². The lowest BCUT2D eigenvalue weighted by Gasteiger charge is -2.22. The maximum Gasteiger partial charge on any atom is 0.305 e. The Morgan fingerprint density at radius 1 is 1.14 bits per heavy atom. The Morgan fingerprint density at radius 2 is 1.89 bits per heavy atom. The van der Waals surface area contributed by atoms with E-state index in [0.717, 1.165) is 37.7 Å². The molecule has 0 saturated carbocycles. The van der Waals surface area contributed by atoms with Crippen LogP contribution in [0.4, 0.5) is 0 Å². The highest BCUT2D eigenvalue weighted by Crippen LogP contribution is 2.21. The molecule has 0 spiro atoms. The van der Waals surface area contributed by atoms with Crippen LogP contribution in [0.25, 0.3) is 0 Å². The zero-order valence-corrected chi connectivity index (χ0v) is 16.8. The Hall–Kier alpha value is -2.43. The first-order valence-electron chi connectivity index (χ1n) is 10.3. The Labute approximate surface area is 167 Å². The number of unbranched alkanes of at least 4 members (excludes halogenated alkanes) is 3.